The van der Waals surface area contributed by atoms with Crippen molar-refractivity contribution in [2.24, 2.45) is 0 Å². The van der Waals surface area contributed by atoms with Gasteiger partial charge in [-0.3, -0.25) is 14.4 Å². The van der Waals surface area contributed by atoms with E-state index in [-0.39, 0.29) is 11.8 Å². The molecule has 0 aromatic heterocycles. The number of rotatable bonds is 12. The van der Waals surface area contributed by atoms with Gasteiger partial charge in [-0.2, -0.15) is 0 Å². The summed E-state index contributed by atoms with van der Waals surface area (Å²) in [5.74, 6) is -0.0992. The molecule has 2 amide bonds. The molecule has 1 rings (SSSR count). The second kappa shape index (κ2) is 11.4. The zero-order chi connectivity index (χ0) is 19.4. The van der Waals surface area contributed by atoms with Crippen LogP contribution < -0.4 is 10.6 Å². The lowest BCUT2D eigenvalue weighted by Crippen LogP contribution is -2.42. The molecule has 0 aliphatic rings. The van der Waals surface area contributed by atoms with E-state index in [2.05, 4.69) is 24.7 Å². The van der Waals surface area contributed by atoms with Gasteiger partial charge in [-0.25, -0.2) is 0 Å². The number of unbranched alkanes of at least 4 members (excludes halogenated alkanes) is 2. The van der Waals surface area contributed by atoms with Crippen LogP contribution >= 0.6 is 0 Å². The van der Waals surface area contributed by atoms with Crippen LogP contribution in [0.1, 0.15) is 52.8 Å². The molecule has 2 N–H and O–H groups in total. The first kappa shape index (κ1) is 21.8. The van der Waals surface area contributed by atoms with Crippen LogP contribution in [0, 0.1) is 0 Å². The first-order valence-corrected chi connectivity index (χ1v) is 9.24. The molecule has 0 atom stereocenters. The number of carbonyl (C=O) groups is 3. The summed E-state index contributed by atoms with van der Waals surface area (Å²) in [6, 6.07) is 6.81. The average molecular weight is 362 g/mol. The highest BCUT2D eigenvalue weighted by molar-refractivity contribution is 6.01. The van der Waals surface area contributed by atoms with Gasteiger partial charge in [0.1, 0.15) is 0 Å². The van der Waals surface area contributed by atoms with E-state index in [1.54, 1.807) is 31.3 Å². The predicted octanol–water partition coefficient (Wildman–Crippen LogP) is 2.00. The van der Waals surface area contributed by atoms with Gasteiger partial charge in [0.15, 0.2) is 6.29 Å². The predicted molar refractivity (Wildman–Crippen MR) is 103 cm³/mol. The third kappa shape index (κ3) is 8.25. The van der Waals surface area contributed by atoms with E-state index in [9.17, 15) is 14.4 Å². The number of nitrogens with zero attached hydrogens (tertiary/aromatic N) is 1. The van der Waals surface area contributed by atoms with Crippen LogP contribution in [0.25, 0.3) is 0 Å². The fourth-order valence-corrected chi connectivity index (χ4v) is 2.85. The normalized spacial score (nSPS) is 11.0. The van der Waals surface area contributed by atoms with Crippen LogP contribution in [-0.4, -0.2) is 63.4 Å². The molecule has 1 aromatic carbocycles. The van der Waals surface area contributed by atoms with Gasteiger partial charge >= 0.3 is 0 Å². The van der Waals surface area contributed by atoms with Crippen molar-refractivity contribution in [2.45, 2.75) is 32.1 Å². The lowest BCUT2D eigenvalue weighted by molar-refractivity contribution is -0.890. The second-order valence-corrected chi connectivity index (χ2v) is 7.18. The number of carbonyl (C=O) groups excluding carboxylic acids is 3. The van der Waals surface area contributed by atoms with Crippen LogP contribution in [0.2, 0.25) is 0 Å². The number of nitrogens with one attached hydrogen (secondary N) is 2. The molecule has 0 saturated carbocycles. The van der Waals surface area contributed by atoms with Crippen molar-refractivity contribution in [3.8, 4) is 0 Å². The van der Waals surface area contributed by atoms with Gasteiger partial charge in [0, 0.05) is 37.6 Å². The second-order valence-electron chi connectivity index (χ2n) is 7.18. The molecule has 0 heterocycles. The van der Waals surface area contributed by atoms with E-state index >= 15 is 0 Å². The summed E-state index contributed by atoms with van der Waals surface area (Å²) >= 11 is 0. The first-order valence-electron chi connectivity index (χ1n) is 9.24. The van der Waals surface area contributed by atoms with Crippen molar-refractivity contribution >= 4 is 18.1 Å². The van der Waals surface area contributed by atoms with Crippen molar-refractivity contribution in [2.75, 3.05) is 40.8 Å². The van der Waals surface area contributed by atoms with E-state index in [4.69, 9.17) is 0 Å². The van der Waals surface area contributed by atoms with Crippen molar-refractivity contribution in [1.82, 2.24) is 10.6 Å². The van der Waals surface area contributed by atoms with E-state index < -0.39 is 0 Å². The van der Waals surface area contributed by atoms with Crippen molar-refractivity contribution in [3.05, 3.63) is 35.4 Å². The summed E-state index contributed by atoms with van der Waals surface area (Å²) in [7, 11) is 6.03. The van der Waals surface area contributed by atoms with E-state index in [0.717, 1.165) is 43.3 Å². The SMILES string of the molecule is CNC(=O)CCCCC[N+](C)(C)CCCNC(=O)c1ccccc1C=O. The van der Waals surface area contributed by atoms with Crippen molar-refractivity contribution in [3.63, 3.8) is 0 Å². The van der Waals surface area contributed by atoms with Gasteiger partial charge in [0.2, 0.25) is 5.91 Å². The monoisotopic (exact) mass is 362 g/mol. The van der Waals surface area contributed by atoms with Crippen LogP contribution in [0.4, 0.5) is 0 Å². The summed E-state index contributed by atoms with van der Waals surface area (Å²) in [6.45, 7) is 2.60. The smallest absolute Gasteiger partial charge is 0.252 e. The van der Waals surface area contributed by atoms with Gasteiger partial charge in [0.05, 0.1) is 27.2 Å². The topological polar surface area (TPSA) is 75.3 Å². The molecule has 0 radical (unpaired) electrons. The van der Waals surface area contributed by atoms with Gasteiger partial charge in [-0.1, -0.05) is 18.2 Å². The molecule has 6 nitrogen and oxygen atoms in total. The molecule has 0 saturated heterocycles. The maximum absolute atomic E-state index is 12.2. The minimum absolute atomic E-state index is 0.102. The minimum Gasteiger partial charge on any atom is -0.359 e. The van der Waals surface area contributed by atoms with E-state index in [1.807, 2.05) is 0 Å². The van der Waals surface area contributed by atoms with Crippen LogP contribution in [0.5, 0.6) is 0 Å². The molecule has 1 aromatic rings. The molecule has 0 unspecified atom stereocenters. The average Bonchev–Trinajstić information content (AvgIpc) is 2.64. The fraction of sp³-hybridized carbons (Fsp3) is 0.550. The number of hydrogen-bond acceptors (Lipinski definition) is 3. The summed E-state index contributed by atoms with van der Waals surface area (Å²) in [4.78, 5) is 34.3. The molecular formula is C20H32N3O3+. The van der Waals surface area contributed by atoms with E-state index in [1.165, 1.54) is 0 Å². The zero-order valence-corrected chi connectivity index (χ0v) is 16.2. The number of quaternary nitrogens is 1. The summed E-state index contributed by atoms with van der Waals surface area (Å²) in [5.41, 5.74) is 0.838. The zero-order valence-electron chi connectivity index (χ0n) is 16.2. The fourth-order valence-electron chi connectivity index (χ4n) is 2.85. The molecule has 0 aliphatic carbocycles. The summed E-state index contributed by atoms with van der Waals surface area (Å²) in [5, 5.41) is 5.53. The lowest BCUT2D eigenvalue weighted by atomic mass is 10.1. The van der Waals surface area contributed by atoms with E-state index in [0.29, 0.717) is 30.4 Å². The molecule has 144 valence electrons. The Morgan fingerprint density at radius 1 is 1.04 bits per heavy atom. The Hall–Kier alpha value is -2.21. The van der Waals surface area contributed by atoms with Gasteiger partial charge < -0.3 is 15.1 Å². The van der Waals surface area contributed by atoms with Gasteiger partial charge in [-0.05, 0) is 25.3 Å². The highest BCUT2D eigenvalue weighted by atomic mass is 16.2. The number of aldehydes is 1. The molecular weight excluding hydrogens is 330 g/mol. The number of amides is 2. The third-order valence-corrected chi connectivity index (χ3v) is 4.50. The Morgan fingerprint density at radius 2 is 1.73 bits per heavy atom. The minimum atomic E-state index is -0.202. The Kier molecular flexibility index (Phi) is 9.58. The molecule has 0 fully saturated rings. The van der Waals surface area contributed by atoms with Crippen LogP contribution in [-0.2, 0) is 4.79 Å². The maximum atomic E-state index is 12.2. The molecule has 6 heteroatoms. The van der Waals surface area contributed by atoms with Gasteiger partial charge in [0.25, 0.3) is 5.91 Å². The molecule has 0 bridgehead atoms. The standard InChI is InChI=1S/C20H31N3O3/c1-21-19(25)12-5-4-8-14-23(2,3)15-9-13-22-20(26)18-11-7-6-10-17(18)16-24/h6-7,10-11,16H,4-5,8-9,12-15H2,1-3H3,(H-,21,22,25,26)/p+1. The Bertz CT molecular complexity index is 600. The van der Waals surface area contributed by atoms with Crippen molar-refractivity contribution < 1.29 is 18.9 Å². The Labute approximate surface area is 156 Å². The van der Waals surface area contributed by atoms with Crippen LogP contribution in [0.3, 0.4) is 0 Å². The maximum Gasteiger partial charge on any atom is 0.252 e. The number of benzene rings is 1. The highest BCUT2D eigenvalue weighted by Gasteiger charge is 2.15. The first-order chi connectivity index (χ1) is 12.4. The van der Waals surface area contributed by atoms with Gasteiger partial charge in [-0.15, -0.1) is 0 Å². The molecule has 0 spiro atoms. The Balaban J connectivity index is 2.23. The summed E-state index contributed by atoms with van der Waals surface area (Å²) in [6.07, 6.45) is 5.24. The number of hydrogen-bond donors (Lipinski definition) is 2. The quantitative estimate of drug-likeness (QED) is 0.339. The largest absolute Gasteiger partial charge is 0.359 e. The highest BCUT2D eigenvalue weighted by Crippen LogP contribution is 2.08. The lowest BCUT2D eigenvalue weighted by Gasteiger charge is -2.30. The Morgan fingerprint density at radius 3 is 2.42 bits per heavy atom. The molecule has 26 heavy (non-hydrogen) atoms. The third-order valence-electron chi connectivity index (χ3n) is 4.50. The van der Waals surface area contributed by atoms with Crippen molar-refractivity contribution in [1.29, 1.82) is 0 Å². The summed E-state index contributed by atoms with van der Waals surface area (Å²) < 4.78 is 0.890. The molecule has 0 aliphatic heterocycles. The van der Waals surface area contributed by atoms with Crippen LogP contribution in [0.15, 0.2) is 24.3 Å².